The molecule has 0 bridgehead atoms. The molecule has 1 unspecified atom stereocenters. The van der Waals surface area contributed by atoms with E-state index in [9.17, 15) is 4.79 Å². The number of nitrogens with zero attached hydrogens (tertiary/aromatic N) is 1. The number of hydrogen-bond donors (Lipinski definition) is 2. The van der Waals surface area contributed by atoms with E-state index in [4.69, 9.17) is 10.8 Å². The zero-order chi connectivity index (χ0) is 14.8. The number of nitrogens with two attached hydrogens (primary N) is 1. The van der Waals surface area contributed by atoms with Crippen molar-refractivity contribution >= 4 is 5.91 Å². The first-order chi connectivity index (χ1) is 9.67. The third-order valence-electron chi connectivity index (χ3n) is 3.45. The number of aliphatic hydroxyl groups is 1. The lowest BCUT2D eigenvalue weighted by molar-refractivity contribution is -0.132. The van der Waals surface area contributed by atoms with Gasteiger partial charge in [-0.15, -0.1) is 0 Å². The number of carbonyl (C=O) groups excluding carboxylic acids is 1. The van der Waals surface area contributed by atoms with E-state index in [0.717, 1.165) is 18.4 Å². The predicted molar refractivity (Wildman–Crippen MR) is 81.0 cm³/mol. The summed E-state index contributed by atoms with van der Waals surface area (Å²) in [6.45, 7) is 3.73. The predicted octanol–water partition coefficient (Wildman–Crippen LogP) is 1.77. The van der Waals surface area contributed by atoms with Gasteiger partial charge in [0.1, 0.15) is 0 Å². The Morgan fingerprint density at radius 1 is 1.30 bits per heavy atom. The fourth-order valence-electron chi connectivity index (χ4n) is 2.17. The lowest BCUT2D eigenvalue weighted by atomic mass is 10.0. The van der Waals surface area contributed by atoms with E-state index in [1.54, 1.807) is 4.90 Å². The van der Waals surface area contributed by atoms with Crippen molar-refractivity contribution in [2.75, 3.05) is 19.7 Å². The van der Waals surface area contributed by atoms with Crippen LogP contribution in [-0.2, 0) is 11.3 Å². The van der Waals surface area contributed by atoms with Crippen LogP contribution in [0.15, 0.2) is 30.3 Å². The van der Waals surface area contributed by atoms with E-state index in [1.165, 1.54) is 0 Å². The van der Waals surface area contributed by atoms with Gasteiger partial charge in [-0.2, -0.15) is 0 Å². The Morgan fingerprint density at radius 2 is 2.00 bits per heavy atom. The standard InChI is InChI=1S/C16H26N2O2/c1-14(9-10-17)7-8-16(20)18(11-12-19)13-15-5-3-2-4-6-15/h2-6,14,19H,7-13,17H2,1H3. The molecule has 0 saturated carbocycles. The van der Waals surface area contributed by atoms with Gasteiger partial charge >= 0.3 is 0 Å². The van der Waals surface area contributed by atoms with Crippen LogP contribution in [0.25, 0.3) is 0 Å². The molecule has 0 spiro atoms. The van der Waals surface area contributed by atoms with Gasteiger partial charge in [-0.3, -0.25) is 4.79 Å². The average molecular weight is 278 g/mol. The zero-order valence-electron chi connectivity index (χ0n) is 12.3. The van der Waals surface area contributed by atoms with Crippen molar-refractivity contribution in [2.24, 2.45) is 11.7 Å². The molecule has 0 saturated heterocycles. The highest BCUT2D eigenvalue weighted by Crippen LogP contribution is 2.12. The minimum Gasteiger partial charge on any atom is -0.395 e. The molecule has 0 aromatic heterocycles. The quantitative estimate of drug-likeness (QED) is 0.723. The number of hydrogen-bond acceptors (Lipinski definition) is 3. The van der Waals surface area contributed by atoms with Gasteiger partial charge in [0.2, 0.25) is 5.91 Å². The van der Waals surface area contributed by atoms with E-state index in [-0.39, 0.29) is 12.5 Å². The van der Waals surface area contributed by atoms with Crippen molar-refractivity contribution in [1.82, 2.24) is 4.90 Å². The minimum absolute atomic E-state index is 0.00305. The first-order valence-corrected chi connectivity index (χ1v) is 7.30. The first kappa shape index (κ1) is 16.7. The Labute approximate surface area is 121 Å². The van der Waals surface area contributed by atoms with Crippen LogP contribution in [0.3, 0.4) is 0 Å². The van der Waals surface area contributed by atoms with Crippen molar-refractivity contribution in [3.05, 3.63) is 35.9 Å². The van der Waals surface area contributed by atoms with Gasteiger partial charge in [0.05, 0.1) is 6.61 Å². The fourth-order valence-corrected chi connectivity index (χ4v) is 2.17. The van der Waals surface area contributed by atoms with Crippen LogP contribution in [0.2, 0.25) is 0 Å². The molecule has 20 heavy (non-hydrogen) atoms. The van der Waals surface area contributed by atoms with Crippen molar-refractivity contribution in [2.45, 2.75) is 32.7 Å². The highest BCUT2D eigenvalue weighted by atomic mass is 16.3. The normalized spacial score (nSPS) is 12.2. The Kier molecular flexibility index (Phi) is 7.92. The topological polar surface area (TPSA) is 66.6 Å². The molecule has 0 fully saturated rings. The summed E-state index contributed by atoms with van der Waals surface area (Å²) in [6, 6.07) is 9.86. The van der Waals surface area contributed by atoms with E-state index in [2.05, 4.69) is 6.92 Å². The molecule has 1 aromatic rings. The number of aliphatic hydroxyl groups excluding tert-OH is 1. The van der Waals surface area contributed by atoms with Gasteiger partial charge < -0.3 is 15.7 Å². The number of benzene rings is 1. The maximum atomic E-state index is 12.2. The summed E-state index contributed by atoms with van der Waals surface area (Å²) in [5.74, 6) is 0.573. The highest BCUT2D eigenvalue weighted by molar-refractivity contribution is 5.76. The molecular formula is C16H26N2O2. The highest BCUT2D eigenvalue weighted by Gasteiger charge is 2.14. The summed E-state index contributed by atoms with van der Waals surface area (Å²) >= 11 is 0. The molecule has 0 heterocycles. The third-order valence-corrected chi connectivity index (χ3v) is 3.45. The molecule has 0 aliphatic heterocycles. The van der Waals surface area contributed by atoms with Gasteiger partial charge in [-0.1, -0.05) is 37.3 Å². The molecule has 0 aliphatic carbocycles. The Hall–Kier alpha value is -1.39. The van der Waals surface area contributed by atoms with Crippen LogP contribution in [-0.4, -0.2) is 35.6 Å². The molecule has 0 radical (unpaired) electrons. The molecule has 4 heteroatoms. The maximum absolute atomic E-state index is 12.2. The van der Waals surface area contributed by atoms with Gasteiger partial charge in [-0.25, -0.2) is 0 Å². The van der Waals surface area contributed by atoms with Crippen molar-refractivity contribution in [3.8, 4) is 0 Å². The first-order valence-electron chi connectivity index (χ1n) is 7.30. The zero-order valence-corrected chi connectivity index (χ0v) is 12.3. The number of rotatable bonds is 9. The summed E-state index contributed by atoms with van der Waals surface area (Å²) < 4.78 is 0. The van der Waals surface area contributed by atoms with E-state index in [0.29, 0.717) is 32.0 Å². The molecule has 0 aliphatic rings. The number of carbonyl (C=O) groups is 1. The second kappa shape index (κ2) is 9.50. The molecule has 3 N–H and O–H groups in total. The summed E-state index contributed by atoms with van der Waals surface area (Å²) in [4.78, 5) is 14.0. The second-order valence-corrected chi connectivity index (χ2v) is 5.25. The lowest BCUT2D eigenvalue weighted by Gasteiger charge is -2.22. The maximum Gasteiger partial charge on any atom is 0.222 e. The molecule has 1 aromatic carbocycles. The van der Waals surface area contributed by atoms with Gasteiger partial charge in [0.25, 0.3) is 0 Å². The van der Waals surface area contributed by atoms with Crippen LogP contribution in [0, 0.1) is 5.92 Å². The summed E-state index contributed by atoms with van der Waals surface area (Å²) in [7, 11) is 0. The lowest BCUT2D eigenvalue weighted by Crippen LogP contribution is -2.33. The third kappa shape index (κ3) is 6.17. The average Bonchev–Trinajstić information content (AvgIpc) is 2.46. The van der Waals surface area contributed by atoms with Crippen molar-refractivity contribution < 1.29 is 9.90 Å². The van der Waals surface area contributed by atoms with E-state index >= 15 is 0 Å². The SMILES string of the molecule is CC(CCN)CCC(=O)N(CCO)Cc1ccccc1. The summed E-state index contributed by atoms with van der Waals surface area (Å²) in [6.07, 6.45) is 2.33. The largest absolute Gasteiger partial charge is 0.395 e. The Morgan fingerprint density at radius 3 is 2.60 bits per heavy atom. The van der Waals surface area contributed by atoms with Gasteiger partial charge in [0.15, 0.2) is 0 Å². The van der Waals surface area contributed by atoms with Crippen LogP contribution in [0.1, 0.15) is 31.7 Å². The van der Waals surface area contributed by atoms with Crippen LogP contribution in [0.4, 0.5) is 0 Å². The van der Waals surface area contributed by atoms with Crippen molar-refractivity contribution in [3.63, 3.8) is 0 Å². The van der Waals surface area contributed by atoms with Crippen LogP contribution < -0.4 is 5.73 Å². The molecule has 1 amide bonds. The molecule has 1 rings (SSSR count). The number of amides is 1. The second-order valence-electron chi connectivity index (χ2n) is 5.25. The van der Waals surface area contributed by atoms with Gasteiger partial charge in [-0.05, 0) is 30.9 Å². The van der Waals surface area contributed by atoms with E-state index < -0.39 is 0 Å². The Bertz CT molecular complexity index is 381. The van der Waals surface area contributed by atoms with Gasteiger partial charge in [0, 0.05) is 19.5 Å². The monoisotopic (exact) mass is 278 g/mol. The summed E-state index contributed by atoms with van der Waals surface area (Å²) in [5, 5.41) is 9.11. The van der Waals surface area contributed by atoms with Crippen molar-refractivity contribution in [1.29, 1.82) is 0 Å². The molecular weight excluding hydrogens is 252 g/mol. The molecule has 1 atom stereocenters. The fraction of sp³-hybridized carbons (Fsp3) is 0.562. The minimum atomic E-state index is -0.00305. The smallest absolute Gasteiger partial charge is 0.222 e. The Balaban J connectivity index is 2.50. The van der Waals surface area contributed by atoms with Crippen LogP contribution >= 0.6 is 0 Å². The molecule has 4 nitrogen and oxygen atoms in total. The molecule has 112 valence electrons. The van der Waals surface area contributed by atoms with E-state index in [1.807, 2.05) is 30.3 Å². The summed E-state index contributed by atoms with van der Waals surface area (Å²) in [5.41, 5.74) is 6.60. The van der Waals surface area contributed by atoms with Crippen LogP contribution in [0.5, 0.6) is 0 Å².